The minimum absolute atomic E-state index is 0.0623. The van der Waals surface area contributed by atoms with E-state index >= 15 is 0 Å². The highest BCUT2D eigenvalue weighted by atomic mass is 32.2. The molecule has 0 amide bonds. The Labute approximate surface area is 152 Å². The molecule has 0 spiro atoms. The SMILES string of the molecule is Cc1cc(N(C)C2CCS(=O)(=O)C2)nc(Nc2ccc3c(c2)OCO3)n1. The van der Waals surface area contributed by atoms with Crippen molar-refractivity contribution < 1.29 is 17.9 Å². The normalized spacial score (nSPS) is 20.2. The molecule has 0 aliphatic carbocycles. The van der Waals surface area contributed by atoms with Gasteiger partial charge in [-0.25, -0.2) is 13.4 Å². The standard InChI is InChI=1S/C17H20N4O4S/c1-11-7-16(21(2)13-5-6-26(22,23)9-13)20-17(18-11)19-12-3-4-14-15(8-12)25-10-24-14/h3-4,7-8,13H,5-6,9-10H2,1-2H3,(H,18,19,20). The Bertz CT molecular complexity index is 948. The second-order valence-corrected chi connectivity index (χ2v) is 8.78. The Balaban J connectivity index is 1.56. The fourth-order valence-electron chi connectivity index (χ4n) is 3.16. The van der Waals surface area contributed by atoms with Crippen molar-refractivity contribution in [1.29, 1.82) is 0 Å². The Hall–Kier alpha value is -2.55. The van der Waals surface area contributed by atoms with Gasteiger partial charge in [-0.05, 0) is 25.5 Å². The molecular weight excluding hydrogens is 356 g/mol. The van der Waals surface area contributed by atoms with Gasteiger partial charge < -0.3 is 19.7 Å². The Kier molecular flexibility index (Phi) is 4.10. The molecule has 3 heterocycles. The molecule has 2 aliphatic heterocycles. The van der Waals surface area contributed by atoms with Crippen LogP contribution in [0, 0.1) is 6.92 Å². The summed E-state index contributed by atoms with van der Waals surface area (Å²) in [6.45, 7) is 2.11. The number of fused-ring (bicyclic) bond motifs is 1. The average molecular weight is 376 g/mol. The first-order chi connectivity index (χ1) is 12.4. The number of hydrogen-bond acceptors (Lipinski definition) is 8. The quantitative estimate of drug-likeness (QED) is 0.864. The predicted octanol–water partition coefficient (Wildman–Crippen LogP) is 1.88. The highest BCUT2D eigenvalue weighted by Gasteiger charge is 2.31. The van der Waals surface area contributed by atoms with Gasteiger partial charge in [-0.15, -0.1) is 0 Å². The van der Waals surface area contributed by atoms with E-state index in [1.165, 1.54) is 0 Å². The Morgan fingerprint density at radius 3 is 2.77 bits per heavy atom. The minimum atomic E-state index is -2.95. The number of nitrogens with one attached hydrogen (secondary N) is 1. The van der Waals surface area contributed by atoms with Crippen molar-refractivity contribution in [3.8, 4) is 11.5 Å². The van der Waals surface area contributed by atoms with E-state index < -0.39 is 9.84 Å². The van der Waals surface area contributed by atoms with Crippen molar-refractivity contribution in [2.24, 2.45) is 0 Å². The van der Waals surface area contributed by atoms with Crippen LogP contribution in [0.1, 0.15) is 12.1 Å². The molecule has 1 fully saturated rings. The van der Waals surface area contributed by atoms with Crippen LogP contribution in [0.5, 0.6) is 11.5 Å². The second-order valence-electron chi connectivity index (χ2n) is 6.55. The number of aryl methyl sites for hydroxylation is 1. The van der Waals surface area contributed by atoms with Crippen LogP contribution < -0.4 is 19.7 Å². The van der Waals surface area contributed by atoms with Gasteiger partial charge in [-0.2, -0.15) is 4.98 Å². The molecular formula is C17H20N4O4S. The predicted molar refractivity (Wildman–Crippen MR) is 98.1 cm³/mol. The first kappa shape index (κ1) is 16.9. The molecule has 1 unspecified atom stereocenters. The van der Waals surface area contributed by atoms with Crippen LogP contribution >= 0.6 is 0 Å². The molecule has 138 valence electrons. The van der Waals surface area contributed by atoms with Gasteiger partial charge in [0.05, 0.1) is 11.5 Å². The summed E-state index contributed by atoms with van der Waals surface area (Å²) >= 11 is 0. The molecule has 1 aromatic carbocycles. The van der Waals surface area contributed by atoms with Crippen molar-refractivity contribution in [2.45, 2.75) is 19.4 Å². The van der Waals surface area contributed by atoms with E-state index in [9.17, 15) is 8.42 Å². The molecule has 26 heavy (non-hydrogen) atoms. The monoisotopic (exact) mass is 376 g/mol. The summed E-state index contributed by atoms with van der Waals surface area (Å²) in [6.07, 6.45) is 0.618. The molecule has 2 aliphatic rings. The van der Waals surface area contributed by atoms with Crippen LogP contribution in [0.2, 0.25) is 0 Å². The molecule has 0 bridgehead atoms. The van der Waals surface area contributed by atoms with Gasteiger partial charge in [0.2, 0.25) is 12.7 Å². The van der Waals surface area contributed by atoms with Crippen LogP contribution in [-0.2, 0) is 9.84 Å². The largest absolute Gasteiger partial charge is 0.454 e. The molecule has 1 N–H and O–H groups in total. The zero-order valence-corrected chi connectivity index (χ0v) is 15.4. The van der Waals surface area contributed by atoms with E-state index in [0.29, 0.717) is 29.7 Å². The first-order valence-electron chi connectivity index (χ1n) is 8.35. The smallest absolute Gasteiger partial charge is 0.231 e. The van der Waals surface area contributed by atoms with E-state index in [-0.39, 0.29) is 24.3 Å². The van der Waals surface area contributed by atoms with Crippen molar-refractivity contribution in [2.75, 3.05) is 35.6 Å². The third-order valence-corrected chi connectivity index (χ3v) is 6.34. The van der Waals surface area contributed by atoms with Crippen molar-refractivity contribution in [1.82, 2.24) is 9.97 Å². The summed E-state index contributed by atoms with van der Waals surface area (Å²) in [7, 11) is -1.08. The van der Waals surface area contributed by atoms with E-state index in [2.05, 4.69) is 15.3 Å². The number of benzene rings is 1. The summed E-state index contributed by atoms with van der Waals surface area (Å²) in [5, 5.41) is 3.17. The third kappa shape index (κ3) is 3.39. The van der Waals surface area contributed by atoms with E-state index in [1.54, 1.807) is 0 Å². The maximum atomic E-state index is 11.8. The fraction of sp³-hybridized carbons (Fsp3) is 0.412. The molecule has 1 aromatic heterocycles. The number of anilines is 3. The number of hydrogen-bond donors (Lipinski definition) is 1. The number of ether oxygens (including phenoxy) is 2. The van der Waals surface area contributed by atoms with Gasteiger partial charge in [0.1, 0.15) is 5.82 Å². The average Bonchev–Trinajstić information content (AvgIpc) is 3.19. The zero-order chi connectivity index (χ0) is 18.3. The Morgan fingerprint density at radius 1 is 1.19 bits per heavy atom. The summed E-state index contributed by atoms with van der Waals surface area (Å²) < 4.78 is 34.2. The highest BCUT2D eigenvalue weighted by molar-refractivity contribution is 7.91. The van der Waals surface area contributed by atoms with Crippen LogP contribution in [0.25, 0.3) is 0 Å². The summed E-state index contributed by atoms with van der Waals surface area (Å²) in [6, 6.07) is 7.33. The van der Waals surface area contributed by atoms with E-state index in [4.69, 9.17) is 9.47 Å². The number of nitrogens with zero attached hydrogens (tertiary/aromatic N) is 3. The number of sulfone groups is 1. The summed E-state index contributed by atoms with van der Waals surface area (Å²) in [5.41, 5.74) is 1.59. The molecule has 0 radical (unpaired) electrons. The van der Waals surface area contributed by atoms with Gasteiger partial charge in [0.25, 0.3) is 0 Å². The molecule has 0 saturated carbocycles. The summed E-state index contributed by atoms with van der Waals surface area (Å²) in [5.74, 6) is 2.93. The lowest BCUT2D eigenvalue weighted by atomic mass is 10.2. The molecule has 2 aromatic rings. The molecule has 9 heteroatoms. The van der Waals surface area contributed by atoms with Crippen molar-refractivity contribution in [3.63, 3.8) is 0 Å². The van der Waals surface area contributed by atoms with Crippen LogP contribution in [-0.4, -0.2) is 49.8 Å². The molecule has 8 nitrogen and oxygen atoms in total. The minimum Gasteiger partial charge on any atom is -0.454 e. The maximum Gasteiger partial charge on any atom is 0.231 e. The van der Waals surface area contributed by atoms with Gasteiger partial charge >= 0.3 is 0 Å². The number of aromatic nitrogens is 2. The van der Waals surface area contributed by atoms with Crippen molar-refractivity contribution >= 4 is 27.3 Å². The molecule has 4 rings (SSSR count). The lowest BCUT2D eigenvalue weighted by molar-refractivity contribution is 0.174. The van der Waals surface area contributed by atoms with Gasteiger partial charge in [0.15, 0.2) is 21.3 Å². The molecule has 1 saturated heterocycles. The first-order valence-corrected chi connectivity index (χ1v) is 10.2. The van der Waals surface area contributed by atoms with Crippen LogP contribution in [0.3, 0.4) is 0 Å². The van der Waals surface area contributed by atoms with Gasteiger partial charge in [0, 0.05) is 36.6 Å². The number of rotatable bonds is 4. The highest BCUT2D eigenvalue weighted by Crippen LogP contribution is 2.35. The van der Waals surface area contributed by atoms with Crippen LogP contribution in [0.4, 0.5) is 17.5 Å². The fourth-order valence-corrected chi connectivity index (χ4v) is 4.93. The summed E-state index contributed by atoms with van der Waals surface area (Å²) in [4.78, 5) is 10.9. The lowest BCUT2D eigenvalue weighted by Gasteiger charge is -2.25. The van der Waals surface area contributed by atoms with Crippen LogP contribution in [0.15, 0.2) is 24.3 Å². The van der Waals surface area contributed by atoms with Gasteiger partial charge in [-0.3, -0.25) is 0 Å². The lowest BCUT2D eigenvalue weighted by Crippen LogP contribution is -2.33. The molecule has 1 atom stereocenters. The van der Waals surface area contributed by atoms with Crippen molar-refractivity contribution in [3.05, 3.63) is 30.0 Å². The maximum absolute atomic E-state index is 11.8. The van der Waals surface area contributed by atoms with Gasteiger partial charge in [-0.1, -0.05) is 0 Å². The third-order valence-electron chi connectivity index (χ3n) is 4.59. The van der Waals surface area contributed by atoms with E-state index in [0.717, 1.165) is 11.4 Å². The Morgan fingerprint density at radius 2 is 2.00 bits per heavy atom. The topological polar surface area (TPSA) is 93.7 Å². The van der Waals surface area contributed by atoms with E-state index in [1.807, 2.05) is 43.1 Å². The zero-order valence-electron chi connectivity index (χ0n) is 14.6. The second kappa shape index (κ2) is 6.31.